The average Bonchev–Trinajstić information content (AvgIpc) is 2.81. The molecule has 1 aromatic rings. The molecule has 100 valence electrons. The zero-order valence-corrected chi connectivity index (χ0v) is 11.5. The lowest BCUT2D eigenvalue weighted by Crippen LogP contribution is -2.26. The maximum absolute atomic E-state index is 11.5. The summed E-state index contributed by atoms with van der Waals surface area (Å²) in [6, 6.07) is 7.23. The van der Waals surface area contributed by atoms with E-state index >= 15 is 0 Å². The van der Waals surface area contributed by atoms with Crippen molar-refractivity contribution >= 4 is 15.5 Å². The first-order valence-electron chi connectivity index (χ1n) is 6.11. The second kappa shape index (κ2) is 5.28. The van der Waals surface area contributed by atoms with E-state index in [1.807, 2.05) is 6.07 Å². The van der Waals surface area contributed by atoms with Gasteiger partial charge < -0.3 is 10.1 Å². The number of sulfone groups is 1. The van der Waals surface area contributed by atoms with Gasteiger partial charge in [-0.15, -0.1) is 0 Å². The second-order valence-electron chi connectivity index (χ2n) is 4.86. The van der Waals surface area contributed by atoms with E-state index < -0.39 is 9.84 Å². The van der Waals surface area contributed by atoms with Crippen LogP contribution in [0.1, 0.15) is 13.3 Å². The molecular formula is C13H19NO3S. The molecule has 1 N–H and O–H groups in total. The molecule has 0 saturated carbocycles. The largest absolute Gasteiger partial charge is 0.382 e. The van der Waals surface area contributed by atoms with Crippen LogP contribution in [-0.4, -0.2) is 33.9 Å². The normalized spacial score (nSPS) is 21.8. The van der Waals surface area contributed by atoms with Crippen molar-refractivity contribution in [3.63, 3.8) is 0 Å². The van der Waals surface area contributed by atoms with Crippen molar-refractivity contribution in [1.29, 1.82) is 0 Å². The Bertz CT molecular complexity index is 507. The van der Waals surface area contributed by atoms with Crippen LogP contribution in [0.25, 0.3) is 0 Å². The van der Waals surface area contributed by atoms with Gasteiger partial charge in [0, 0.05) is 30.5 Å². The molecule has 1 aromatic carbocycles. The molecule has 2 atom stereocenters. The minimum absolute atomic E-state index is 0.280. The molecule has 0 aliphatic carbocycles. The molecule has 0 aromatic heterocycles. The summed E-state index contributed by atoms with van der Waals surface area (Å²) in [4.78, 5) is 0.349. The van der Waals surface area contributed by atoms with Gasteiger partial charge in [0.05, 0.1) is 11.5 Å². The summed E-state index contributed by atoms with van der Waals surface area (Å²) in [6.07, 6.45) is 2.28. The van der Waals surface area contributed by atoms with Gasteiger partial charge >= 0.3 is 0 Å². The first-order chi connectivity index (χ1) is 8.47. The molecule has 1 aliphatic rings. The molecular weight excluding hydrogens is 250 g/mol. The van der Waals surface area contributed by atoms with Crippen molar-refractivity contribution in [3.8, 4) is 0 Å². The van der Waals surface area contributed by atoms with Gasteiger partial charge in [-0.1, -0.05) is 6.07 Å². The van der Waals surface area contributed by atoms with Crippen LogP contribution in [0.5, 0.6) is 0 Å². The number of benzene rings is 1. The van der Waals surface area contributed by atoms with Gasteiger partial charge in [-0.2, -0.15) is 0 Å². The van der Waals surface area contributed by atoms with Gasteiger partial charge in [0.1, 0.15) is 0 Å². The Morgan fingerprint density at radius 3 is 2.83 bits per heavy atom. The van der Waals surface area contributed by atoms with Crippen molar-refractivity contribution < 1.29 is 13.2 Å². The number of rotatable bonds is 4. The van der Waals surface area contributed by atoms with Gasteiger partial charge in [0.2, 0.25) is 0 Å². The van der Waals surface area contributed by atoms with Gasteiger partial charge in [-0.25, -0.2) is 8.42 Å². The van der Waals surface area contributed by atoms with Crippen LogP contribution >= 0.6 is 0 Å². The lowest BCUT2D eigenvalue weighted by atomic mass is 10.0. The van der Waals surface area contributed by atoms with Gasteiger partial charge in [0.25, 0.3) is 0 Å². The summed E-state index contributed by atoms with van der Waals surface area (Å²) < 4.78 is 28.3. The predicted octanol–water partition coefficient (Wildman–Crippen LogP) is 1.93. The Labute approximate surface area is 108 Å². The maximum atomic E-state index is 11.5. The summed E-state index contributed by atoms with van der Waals surface area (Å²) in [6.45, 7) is 3.70. The van der Waals surface area contributed by atoms with E-state index in [4.69, 9.17) is 4.74 Å². The maximum Gasteiger partial charge on any atom is 0.175 e. The molecule has 1 aliphatic heterocycles. The molecule has 1 heterocycles. The first kappa shape index (κ1) is 13.4. The molecule has 0 spiro atoms. The van der Waals surface area contributed by atoms with E-state index in [1.165, 1.54) is 6.26 Å². The highest BCUT2D eigenvalue weighted by atomic mass is 32.2. The van der Waals surface area contributed by atoms with Crippen molar-refractivity contribution in [2.45, 2.75) is 24.3 Å². The predicted molar refractivity (Wildman–Crippen MR) is 71.6 cm³/mol. The minimum atomic E-state index is -3.14. The summed E-state index contributed by atoms with van der Waals surface area (Å²) in [5.74, 6) is 0.492. The van der Waals surface area contributed by atoms with Crippen LogP contribution < -0.4 is 5.32 Å². The Kier molecular flexibility index (Phi) is 3.92. The fraction of sp³-hybridized carbons (Fsp3) is 0.538. The third-order valence-electron chi connectivity index (χ3n) is 3.33. The van der Waals surface area contributed by atoms with Crippen molar-refractivity contribution in [1.82, 2.24) is 0 Å². The first-order valence-corrected chi connectivity index (χ1v) is 8.00. The van der Waals surface area contributed by atoms with Crippen LogP contribution in [0, 0.1) is 5.92 Å². The molecule has 2 unspecified atom stereocenters. The van der Waals surface area contributed by atoms with Crippen LogP contribution in [0.4, 0.5) is 5.69 Å². The summed E-state index contributed by atoms with van der Waals surface area (Å²) in [5.41, 5.74) is 0.845. The number of hydrogen-bond acceptors (Lipinski definition) is 4. The zero-order valence-electron chi connectivity index (χ0n) is 10.7. The second-order valence-corrected chi connectivity index (χ2v) is 6.87. The molecule has 0 amide bonds. The quantitative estimate of drug-likeness (QED) is 0.907. The lowest BCUT2D eigenvalue weighted by molar-refractivity contribution is 0.183. The van der Waals surface area contributed by atoms with E-state index in [0.29, 0.717) is 10.8 Å². The van der Waals surface area contributed by atoms with E-state index in [2.05, 4.69) is 12.2 Å². The van der Waals surface area contributed by atoms with E-state index in [9.17, 15) is 8.42 Å². The summed E-state index contributed by atoms with van der Waals surface area (Å²) in [7, 11) is -3.14. The molecule has 2 rings (SSSR count). The molecule has 0 bridgehead atoms. The zero-order chi connectivity index (χ0) is 13.2. The fourth-order valence-corrected chi connectivity index (χ4v) is 2.81. The molecule has 4 nitrogen and oxygen atoms in total. The standard InChI is InChI=1S/C13H19NO3S/c1-10(11-6-7-17-9-11)14-12-4-3-5-13(8-12)18(2,15)16/h3-5,8,10-11,14H,6-7,9H2,1-2H3. The highest BCUT2D eigenvalue weighted by molar-refractivity contribution is 7.90. The molecule has 0 radical (unpaired) electrons. The molecule has 1 saturated heterocycles. The van der Waals surface area contributed by atoms with Crippen LogP contribution in [0.3, 0.4) is 0 Å². The van der Waals surface area contributed by atoms with E-state index in [-0.39, 0.29) is 6.04 Å². The van der Waals surface area contributed by atoms with E-state index in [1.54, 1.807) is 18.2 Å². The van der Waals surface area contributed by atoms with Crippen molar-refractivity contribution in [3.05, 3.63) is 24.3 Å². The van der Waals surface area contributed by atoms with Crippen LogP contribution in [0.2, 0.25) is 0 Å². The Morgan fingerprint density at radius 1 is 1.44 bits per heavy atom. The number of hydrogen-bond donors (Lipinski definition) is 1. The Hall–Kier alpha value is -1.07. The number of anilines is 1. The van der Waals surface area contributed by atoms with Crippen molar-refractivity contribution in [2.75, 3.05) is 24.8 Å². The fourth-order valence-electron chi connectivity index (χ4n) is 2.14. The SMILES string of the molecule is CC(Nc1cccc(S(C)(=O)=O)c1)C1CCOC1. The van der Waals surface area contributed by atoms with Crippen LogP contribution in [-0.2, 0) is 14.6 Å². The highest BCUT2D eigenvalue weighted by Gasteiger charge is 2.22. The van der Waals surface area contributed by atoms with Crippen molar-refractivity contribution in [2.24, 2.45) is 5.92 Å². The average molecular weight is 269 g/mol. The minimum Gasteiger partial charge on any atom is -0.382 e. The third-order valence-corrected chi connectivity index (χ3v) is 4.44. The lowest BCUT2D eigenvalue weighted by Gasteiger charge is -2.20. The van der Waals surface area contributed by atoms with Gasteiger partial charge in [0.15, 0.2) is 9.84 Å². The molecule has 5 heteroatoms. The highest BCUT2D eigenvalue weighted by Crippen LogP contribution is 2.22. The Morgan fingerprint density at radius 2 is 2.22 bits per heavy atom. The summed E-state index contributed by atoms with van der Waals surface area (Å²) >= 11 is 0. The summed E-state index contributed by atoms with van der Waals surface area (Å²) in [5, 5.41) is 3.35. The Balaban J connectivity index is 2.09. The van der Waals surface area contributed by atoms with Crippen LogP contribution in [0.15, 0.2) is 29.2 Å². The third kappa shape index (κ3) is 3.23. The van der Waals surface area contributed by atoms with E-state index in [0.717, 1.165) is 25.3 Å². The van der Waals surface area contributed by atoms with Gasteiger partial charge in [-0.05, 0) is 31.5 Å². The molecule has 18 heavy (non-hydrogen) atoms. The molecule has 1 fully saturated rings. The monoisotopic (exact) mass is 269 g/mol. The topological polar surface area (TPSA) is 55.4 Å². The number of ether oxygens (including phenoxy) is 1. The smallest absolute Gasteiger partial charge is 0.175 e. The van der Waals surface area contributed by atoms with Gasteiger partial charge in [-0.3, -0.25) is 0 Å². The number of nitrogens with one attached hydrogen (secondary N) is 1.